The Morgan fingerprint density at radius 1 is 0.727 bits per heavy atom. The summed E-state index contributed by atoms with van der Waals surface area (Å²) in [6.45, 7) is 0.695. The molecule has 0 atom stereocenters. The van der Waals surface area contributed by atoms with Crippen LogP contribution in [-0.4, -0.2) is 52.0 Å². The standard InChI is InChI=1S/C14H24N2O6/c15-13(21)14(22)16(9-5-1-3-7-11(17)18)10-6-2-4-8-12(19)20/h1-10H2,(H2,15,21)(H,17,18)(H,19,20). The number of carboxylic acid groups (broad SMARTS) is 2. The number of rotatable bonds is 12. The maximum Gasteiger partial charge on any atom is 0.311 e. The molecule has 0 heterocycles. The number of aliphatic carboxylic acids is 2. The van der Waals surface area contributed by atoms with Gasteiger partial charge in [-0.05, 0) is 25.7 Å². The summed E-state index contributed by atoms with van der Waals surface area (Å²) in [6.07, 6.45) is 3.70. The molecule has 0 fully saturated rings. The van der Waals surface area contributed by atoms with E-state index in [1.54, 1.807) is 0 Å². The molecule has 0 aromatic heterocycles. The Kier molecular flexibility index (Phi) is 10.4. The molecular formula is C14H24N2O6. The molecule has 8 heteroatoms. The highest BCUT2D eigenvalue weighted by Crippen LogP contribution is 2.06. The fraction of sp³-hybridized carbons (Fsp3) is 0.714. The first-order valence-electron chi connectivity index (χ1n) is 7.37. The molecule has 4 N–H and O–H groups in total. The van der Waals surface area contributed by atoms with Crippen LogP contribution in [0.2, 0.25) is 0 Å². The number of hydrogen-bond acceptors (Lipinski definition) is 4. The predicted octanol–water partition coefficient (Wildman–Crippen LogP) is 0.590. The molecule has 0 saturated heterocycles. The van der Waals surface area contributed by atoms with Gasteiger partial charge in [-0.3, -0.25) is 19.2 Å². The van der Waals surface area contributed by atoms with Gasteiger partial charge in [-0.1, -0.05) is 12.8 Å². The van der Waals surface area contributed by atoms with Crippen LogP contribution in [0.3, 0.4) is 0 Å². The van der Waals surface area contributed by atoms with Gasteiger partial charge in [0.25, 0.3) is 0 Å². The summed E-state index contributed by atoms with van der Waals surface area (Å²) in [5, 5.41) is 17.0. The summed E-state index contributed by atoms with van der Waals surface area (Å²) in [4.78, 5) is 44.7. The molecule has 0 aliphatic carbocycles. The van der Waals surface area contributed by atoms with Gasteiger partial charge >= 0.3 is 23.8 Å². The van der Waals surface area contributed by atoms with Crippen LogP contribution >= 0.6 is 0 Å². The molecule has 0 aliphatic rings. The van der Waals surface area contributed by atoms with E-state index in [1.165, 1.54) is 4.90 Å². The molecular weight excluding hydrogens is 292 g/mol. The van der Waals surface area contributed by atoms with Gasteiger partial charge in [-0.25, -0.2) is 0 Å². The Labute approximate surface area is 129 Å². The third-order valence-corrected chi connectivity index (χ3v) is 3.14. The second kappa shape index (κ2) is 11.5. The maximum atomic E-state index is 11.7. The van der Waals surface area contributed by atoms with Crippen molar-refractivity contribution in [3.63, 3.8) is 0 Å². The smallest absolute Gasteiger partial charge is 0.311 e. The van der Waals surface area contributed by atoms with Crippen molar-refractivity contribution in [1.82, 2.24) is 4.90 Å². The van der Waals surface area contributed by atoms with Crippen LogP contribution < -0.4 is 5.73 Å². The molecule has 0 spiro atoms. The lowest BCUT2D eigenvalue weighted by Crippen LogP contribution is -2.41. The van der Waals surface area contributed by atoms with Crippen LogP contribution in [0.15, 0.2) is 0 Å². The van der Waals surface area contributed by atoms with Gasteiger partial charge in [-0.15, -0.1) is 0 Å². The van der Waals surface area contributed by atoms with Crippen LogP contribution in [-0.2, 0) is 19.2 Å². The van der Waals surface area contributed by atoms with E-state index in [9.17, 15) is 19.2 Å². The minimum absolute atomic E-state index is 0.0823. The number of carbonyl (C=O) groups excluding carboxylic acids is 2. The first-order valence-corrected chi connectivity index (χ1v) is 7.37. The molecule has 2 amide bonds. The van der Waals surface area contributed by atoms with Gasteiger partial charge in [0, 0.05) is 25.9 Å². The molecule has 0 unspecified atom stereocenters. The zero-order valence-electron chi connectivity index (χ0n) is 12.6. The Morgan fingerprint density at radius 3 is 1.45 bits per heavy atom. The minimum atomic E-state index is -1.02. The SMILES string of the molecule is NC(=O)C(=O)N(CCCCCC(=O)O)CCCCCC(=O)O. The van der Waals surface area contributed by atoms with E-state index < -0.39 is 23.8 Å². The van der Waals surface area contributed by atoms with E-state index in [0.29, 0.717) is 51.6 Å². The number of carbonyl (C=O) groups is 4. The number of hydrogen-bond donors (Lipinski definition) is 3. The molecule has 126 valence electrons. The van der Waals surface area contributed by atoms with E-state index in [1.807, 2.05) is 0 Å². The lowest BCUT2D eigenvalue weighted by atomic mass is 10.1. The van der Waals surface area contributed by atoms with E-state index in [4.69, 9.17) is 15.9 Å². The van der Waals surface area contributed by atoms with Crippen molar-refractivity contribution in [1.29, 1.82) is 0 Å². The number of nitrogens with two attached hydrogens (primary N) is 1. The Balaban J connectivity index is 4.05. The number of amides is 2. The molecule has 0 rings (SSSR count). The normalized spacial score (nSPS) is 10.2. The van der Waals surface area contributed by atoms with E-state index in [2.05, 4.69) is 0 Å². The van der Waals surface area contributed by atoms with Gasteiger partial charge in [-0.2, -0.15) is 0 Å². The monoisotopic (exact) mass is 316 g/mol. The third kappa shape index (κ3) is 10.6. The van der Waals surface area contributed by atoms with Crippen molar-refractivity contribution < 1.29 is 29.4 Å². The average Bonchev–Trinajstić information content (AvgIpc) is 2.42. The zero-order valence-corrected chi connectivity index (χ0v) is 12.6. The summed E-state index contributed by atoms with van der Waals surface area (Å²) < 4.78 is 0. The fourth-order valence-electron chi connectivity index (χ4n) is 1.98. The van der Waals surface area contributed by atoms with Gasteiger partial charge < -0.3 is 20.8 Å². The highest BCUT2D eigenvalue weighted by molar-refractivity contribution is 6.34. The number of primary amides is 1. The Morgan fingerprint density at radius 2 is 1.14 bits per heavy atom. The highest BCUT2D eigenvalue weighted by atomic mass is 16.4. The summed E-state index contributed by atoms with van der Waals surface area (Å²) >= 11 is 0. The van der Waals surface area contributed by atoms with E-state index >= 15 is 0 Å². The second-order valence-corrected chi connectivity index (χ2v) is 5.07. The lowest BCUT2D eigenvalue weighted by molar-refractivity contribution is -0.144. The Bertz CT molecular complexity index is 373. The highest BCUT2D eigenvalue weighted by Gasteiger charge is 2.18. The van der Waals surface area contributed by atoms with Crippen LogP contribution in [0.1, 0.15) is 51.4 Å². The fourth-order valence-corrected chi connectivity index (χ4v) is 1.98. The third-order valence-electron chi connectivity index (χ3n) is 3.14. The number of unbranched alkanes of at least 4 members (excludes halogenated alkanes) is 4. The number of carboxylic acids is 2. The summed E-state index contributed by atoms with van der Waals surface area (Å²) in [7, 11) is 0. The largest absolute Gasteiger partial charge is 0.481 e. The summed E-state index contributed by atoms with van der Waals surface area (Å²) in [5.74, 6) is -3.49. The zero-order chi connectivity index (χ0) is 17.0. The first kappa shape index (κ1) is 19.9. The first-order chi connectivity index (χ1) is 10.3. The van der Waals surface area contributed by atoms with Gasteiger partial charge in [0.1, 0.15) is 0 Å². The minimum Gasteiger partial charge on any atom is -0.481 e. The molecule has 0 saturated carbocycles. The summed E-state index contributed by atoms with van der Waals surface area (Å²) in [6, 6.07) is 0. The maximum absolute atomic E-state index is 11.7. The van der Waals surface area contributed by atoms with Crippen molar-refractivity contribution >= 4 is 23.8 Å². The molecule has 22 heavy (non-hydrogen) atoms. The lowest BCUT2D eigenvalue weighted by Gasteiger charge is -2.21. The molecule has 0 aromatic carbocycles. The van der Waals surface area contributed by atoms with Crippen LogP contribution in [0.25, 0.3) is 0 Å². The Hall–Kier alpha value is -2.12. The van der Waals surface area contributed by atoms with Crippen LogP contribution in [0.5, 0.6) is 0 Å². The van der Waals surface area contributed by atoms with Crippen molar-refractivity contribution in [2.24, 2.45) is 5.73 Å². The number of nitrogens with zero attached hydrogens (tertiary/aromatic N) is 1. The van der Waals surface area contributed by atoms with Crippen molar-refractivity contribution in [3.05, 3.63) is 0 Å². The van der Waals surface area contributed by atoms with E-state index in [-0.39, 0.29) is 12.8 Å². The van der Waals surface area contributed by atoms with Crippen LogP contribution in [0, 0.1) is 0 Å². The quantitative estimate of drug-likeness (QED) is 0.356. The summed E-state index contributed by atoms with van der Waals surface area (Å²) in [5.41, 5.74) is 4.99. The van der Waals surface area contributed by atoms with Gasteiger partial charge in [0.2, 0.25) is 0 Å². The second-order valence-electron chi connectivity index (χ2n) is 5.07. The molecule has 0 radical (unpaired) electrons. The van der Waals surface area contributed by atoms with E-state index in [0.717, 1.165) is 0 Å². The molecule has 0 bridgehead atoms. The van der Waals surface area contributed by atoms with Crippen LogP contribution in [0.4, 0.5) is 0 Å². The van der Waals surface area contributed by atoms with Gasteiger partial charge in [0.15, 0.2) is 0 Å². The van der Waals surface area contributed by atoms with Crippen molar-refractivity contribution in [3.8, 4) is 0 Å². The van der Waals surface area contributed by atoms with Gasteiger partial charge in [0.05, 0.1) is 0 Å². The predicted molar refractivity (Wildman–Crippen MR) is 78.0 cm³/mol. The molecule has 0 aromatic rings. The molecule has 8 nitrogen and oxygen atoms in total. The average molecular weight is 316 g/mol. The van der Waals surface area contributed by atoms with Crippen molar-refractivity contribution in [2.45, 2.75) is 51.4 Å². The topological polar surface area (TPSA) is 138 Å². The molecule has 0 aliphatic heterocycles. The van der Waals surface area contributed by atoms with Crippen molar-refractivity contribution in [2.75, 3.05) is 13.1 Å².